The molecule has 33 heavy (non-hydrogen) atoms. The summed E-state index contributed by atoms with van der Waals surface area (Å²) in [6.07, 6.45) is 1.81. The van der Waals surface area contributed by atoms with E-state index in [1.54, 1.807) is 31.2 Å². The van der Waals surface area contributed by atoms with Crippen LogP contribution in [-0.4, -0.2) is 57.6 Å². The summed E-state index contributed by atoms with van der Waals surface area (Å²) in [5, 5.41) is 2.81. The first-order valence-corrected chi connectivity index (χ1v) is 12.7. The van der Waals surface area contributed by atoms with E-state index in [1.165, 1.54) is 12.0 Å². The number of hydrogen-bond acceptors (Lipinski definition) is 5. The highest BCUT2D eigenvalue weighted by molar-refractivity contribution is 7.92. The minimum atomic E-state index is -3.78. The van der Waals surface area contributed by atoms with Crippen molar-refractivity contribution in [2.45, 2.75) is 39.8 Å². The number of amides is 2. The quantitative estimate of drug-likeness (QED) is 0.539. The summed E-state index contributed by atoms with van der Waals surface area (Å²) in [5.41, 5.74) is 2.19. The number of ether oxygens (including phenoxy) is 1. The maximum absolute atomic E-state index is 13.4. The van der Waals surface area contributed by atoms with Crippen molar-refractivity contribution in [3.05, 3.63) is 59.7 Å². The highest BCUT2D eigenvalue weighted by Crippen LogP contribution is 2.23. The van der Waals surface area contributed by atoms with Gasteiger partial charge in [-0.05, 0) is 38.0 Å². The van der Waals surface area contributed by atoms with Gasteiger partial charge in [0.1, 0.15) is 18.3 Å². The first kappa shape index (κ1) is 26.2. The lowest BCUT2D eigenvalue weighted by Crippen LogP contribution is -2.51. The summed E-state index contributed by atoms with van der Waals surface area (Å²) in [7, 11) is -2.30. The largest absolute Gasteiger partial charge is 0.497 e. The van der Waals surface area contributed by atoms with Crippen LogP contribution in [0.1, 0.15) is 31.4 Å². The number of aryl methyl sites for hydroxylation is 1. The molecule has 1 N–H and O–H groups in total. The van der Waals surface area contributed by atoms with Crippen LogP contribution in [0.4, 0.5) is 5.69 Å². The number of carbonyl (C=O) groups excluding carboxylic acids is 2. The maximum atomic E-state index is 13.4. The Bertz CT molecular complexity index is 1070. The SMILES string of the molecule is CCCNC(=O)[C@H](C)N(Cc1cccc(C)c1)C(=O)CN(c1cccc(OC)c1)S(C)(=O)=O. The van der Waals surface area contributed by atoms with E-state index in [0.717, 1.165) is 28.1 Å². The molecule has 0 spiro atoms. The summed E-state index contributed by atoms with van der Waals surface area (Å²) < 4.78 is 31.4. The van der Waals surface area contributed by atoms with Crippen molar-refractivity contribution in [2.24, 2.45) is 0 Å². The van der Waals surface area contributed by atoms with Crippen LogP contribution in [0.25, 0.3) is 0 Å². The molecule has 0 unspecified atom stereocenters. The molecule has 8 nitrogen and oxygen atoms in total. The third kappa shape index (κ3) is 7.49. The third-order valence-electron chi connectivity index (χ3n) is 5.17. The fraction of sp³-hybridized carbons (Fsp3) is 0.417. The van der Waals surface area contributed by atoms with E-state index in [2.05, 4.69) is 5.32 Å². The van der Waals surface area contributed by atoms with Gasteiger partial charge in [0, 0.05) is 19.2 Å². The molecule has 2 aromatic carbocycles. The number of sulfonamides is 1. The molecular formula is C24H33N3O5S. The first-order chi connectivity index (χ1) is 15.6. The Balaban J connectivity index is 2.38. The fourth-order valence-corrected chi connectivity index (χ4v) is 4.21. The predicted octanol–water partition coefficient (Wildman–Crippen LogP) is 2.71. The second-order valence-corrected chi connectivity index (χ2v) is 9.86. The number of nitrogens with zero attached hydrogens (tertiary/aromatic N) is 2. The van der Waals surface area contributed by atoms with Gasteiger partial charge in [-0.2, -0.15) is 0 Å². The molecule has 0 heterocycles. The highest BCUT2D eigenvalue weighted by atomic mass is 32.2. The second kappa shape index (κ2) is 11.7. The Hall–Kier alpha value is -3.07. The number of methoxy groups -OCH3 is 1. The van der Waals surface area contributed by atoms with Crippen LogP contribution in [0, 0.1) is 6.92 Å². The van der Waals surface area contributed by atoms with Crippen molar-refractivity contribution < 1.29 is 22.7 Å². The number of anilines is 1. The van der Waals surface area contributed by atoms with E-state index in [4.69, 9.17) is 4.74 Å². The van der Waals surface area contributed by atoms with Gasteiger partial charge in [0.2, 0.25) is 21.8 Å². The Kier molecular flexibility index (Phi) is 9.28. The van der Waals surface area contributed by atoms with Crippen molar-refractivity contribution in [3.63, 3.8) is 0 Å². The molecule has 0 saturated carbocycles. The van der Waals surface area contributed by atoms with Gasteiger partial charge in [-0.3, -0.25) is 13.9 Å². The van der Waals surface area contributed by atoms with Crippen molar-refractivity contribution >= 4 is 27.5 Å². The molecular weight excluding hydrogens is 442 g/mol. The van der Waals surface area contributed by atoms with Gasteiger partial charge in [0.05, 0.1) is 19.1 Å². The molecule has 0 bridgehead atoms. The van der Waals surface area contributed by atoms with E-state index >= 15 is 0 Å². The molecule has 2 amide bonds. The van der Waals surface area contributed by atoms with Crippen molar-refractivity contribution in [2.75, 3.05) is 30.8 Å². The zero-order valence-electron chi connectivity index (χ0n) is 19.9. The summed E-state index contributed by atoms with van der Waals surface area (Å²) in [6, 6.07) is 13.4. The van der Waals surface area contributed by atoms with Gasteiger partial charge in [0.25, 0.3) is 0 Å². The lowest BCUT2D eigenvalue weighted by Gasteiger charge is -2.31. The number of benzene rings is 2. The first-order valence-electron chi connectivity index (χ1n) is 10.8. The molecule has 0 saturated heterocycles. The van der Waals surface area contributed by atoms with Crippen molar-refractivity contribution in [3.8, 4) is 5.75 Å². The average Bonchev–Trinajstić information content (AvgIpc) is 2.78. The lowest BCUT2D eigenvalue weighted by molar-refractivity contribution is -0.139. The molecule has 0 radical (unpaired) electrons. The minimum Gasteiger partial charge on any atom is -0.497 e. The average molecular weight is 476 g/mol. The second-order valence-electron chi connectivity index (χ2n) is 7.95. The van der Waals surface area contributed by atoms with Gasteiger partial charge in [0.15, 0.2) is 0 Å². The molecule has 1 atom stereocenters. The Morgan fingerprint density at radius 3 is 2.42 bits per heavy atom. The summed E-state index contributed by atoms with van der Waals surface area (Å²) in [6.45, 7) is 5.77. The molecule has 0 aliphatic rings. The van der Waals surface area contributed by atoms with Crippen molar-refractivity contribution in [1.82, 2.24) is 10.2 Å². The predicted molar refractivity (Wildman–Crippen MR) is 130 cm³/mol. The van der Waals surface area contributed by atoms with E-state index in [9.17, 15) is 18.0 Å². The van der Waals surface area contributed by atoms with Crippen LogP contribution >= 0.6 is 0 Å². The van der Waals surface area contributed by atoms with E-state index in [-0.39, 0.29) is 12.5 Å². The lowest BCUT2D eigenvalue weighted by atomic mass is 10.1. The monoisotopic (exact) mass is 475 g/mol. The van der Waals surface area contributed by atoms with Crippen LogP contribution in [0.3, 0.4) is 0 Å². The summed E-state index contributed by atoms with van der Waals surface area (Å²) >= 11 is 0. The minimum absolute atomic E-state index is 0.178. The van der Waals surface area contributed by atoms with Crippen LogP contribution in [0.2, 0.25) is 0 Å². The number of carbonyl (C=O) groups is 2. The number of nitrogens with one attached hydrogen (secondary N) is 1. The fourth-order valence-electron chi connectivity index (χ4n) is 3.37. The Morgan fingerprint density at radius 2 is 1.82 bits per heavy atom. The normalized spacial score (nSPS) is 12.0. The molecule has 0 fully saturated rings. The van der Waals surface area contributed by atoms with Gasteiger partial charge < -0.3 is 15.0 Å². The Labute approximate surface area is 196 Å². The maximum Gasteiger partial charge on any atom is 0.244 e. The zero-order valence-corrected chi connectivity index (χ0v) is 20.7. The van der Waals surface area contributed by atoms with Gasteiger partial charge in [-0.25, -0.2) is 8.42 Å². The van der Waals surface area contributed by atoms with Crippen molar-refractivity contribution in [1.29, 1.82) is 0 Å². The standard InChI is InChI=1S/C24H33N3O5S/c1-6-13-25-24(29)19(3)26(16-20-10-7-9-18(2)14-20)23(28)17-27(33(5,30)31)21-11-8-12-22(15-21)32-4/h7-12,14-15,19H,6,13,16-17H2,1-5H3,(H,25,29)/t19-/m0/s1. The molecule has 0 aliphatic carbocycles. The van der Waals surface area contributed by atoms with Crippen LogP contribution in [-0.2, 0) is 26.2 Å². The van der Waals surface area contributed by atoms with E-state index in [0.29, 0.717) is 18.0 Å². The molecule has 0 aliphatic heterocycles. The molecule has 9 heteroatoms. The molecule has 0 aromatic heterocycles. The van der Waals surface area contributed by atoms with Crippen LogP contribution in [0.15, 0.2) is 48.5 Å². The molecule has 2 rings (SSSR count). The summed E-state index contributed by atoms with van der Waals surface area (Å²) in [4.78, 5) is 27.5. The van der Waals surface area contributed by atoms with Gasteiger partial charge >= 0.3 is 0 Å². The Morgan fingerprint density at radius 1 is 1.12 bits per heavy atom. The number of rotatable bonds is 11. The molecule has 2 aromatic rings. The highest BCUT2D eigenvalue weighted by Gasteiger charge is 2.30. The smallest absolute Gasteiger partial charge is 0.244 e. The van der Waals surface area contributed by atoms with Gasteiger partial charge in [-0.15, -0.1) is 0 Å². The summed E-state index contributed by atoms with van der Waals surface area (Å²) in [5.74, 6) is -0.299. The topological polar surface area (TPSA) is 96.0 Å². The van der Waals surface area contributed by atoms with Gasteiger partial charge in [-0.1, -0.05) is 42.8 Å². The third-order valence-corrected chi connectivity index (χ3v) is 6.31. The zero-order chi connectivity index (χ0) is 24.6. The van der Waals surface area contributed by atoms with Crippen LogP contribution in [0.5, 0.6) is 5.75 Å². The van der Waals surface area contributed by atoms with Crippen LogP contribution < -0.4 is 14.4 Å². The molecule has 180 valence electrons. The van der Waals surface area contributed by atoms with E-state index < -0.39 is 28.5 Å². The van der Waals surface area contributed by atoms with E-state index in [1.807, 2.05) is 38.1 Å². The number of hydrogen-bond donors (Lipinski definition) is 1.